The van der Waals surface area contributed by atoms with Crippen molar-refractivity contribution >= 4 is 33.9 Å². The third kappa shape index (κ3) is 3.00. The van der Waals surface area contributed by atoms with Crippen molar-refractivity contribution in [2.45, 2.75) is 25.8 Å². The Hall–Kier alpha value is -1.29. The van der Waals surface area contributed by atoms with E-state index in [1.807, 2.05) is 24.3 Å². The average molecular weight is 320 g/mol. The molecule has 0 saturated heterocycles. The van der Waals surface area contributed by atoms with E-state index in [9.17, 15) is 0 Å². The van der Waals surface area contributed by atoms with Crippen LogP contribution in [0.5, 0.6) is 0 Å². The van der Waals surface area contributed by atoms with Crippen LogP contribution in [0.3, 0.4) is 0 Å². The summed E-state index contributed by atoms with van der Waals surface area (Å²) in [5.74, 6) is 0. The van der Waals surface area contributed by atoms with Gasteiger partial charge in [-0.3, -0.25) is 0 Å². The first-order valence-corrected chi connectivity index (χ1v) is 8.24. The molecule has 0 atom stereocenters. The predicted octanol–water partition coefficient (Wildman–Crippen LogP) is 5.22. The Labute approximate surface area is 133 Å². The van der Waals surface area contributed by atoms with Crippen molar-refractivity contribution in [2.75, 3.05) is 6.54 Å². The van der Waals surface area contributed by atoms with Crippen molar-refractivity contribution in [3.8, 4) is 0 Å². The summed E-state index contributed by atoms with van der Waals surface area (Å²) >= 11 is 8.01. The number of benzene rings is 1. The standard InChI is InChI=1S/C17H18ClNOS/c1-17(2,15-8-5-9-21-15)11-19-10-13-12-6-3-4-7-14(12)20-16(13)18/h3-9,19H,10-11H2,1-2H3. The lowest BCUT2D eigenvalue weighted by molar-refractivity contribution is 0.475. The second-order valence-corrected chi connectivity index (χ2v) is 7.11. The minimum absolute atomic E-state index is 0.111. The quantitative estimate of drug-likeness (QED) is 0.698. The van der Waals surface area contributed by atoms with Gasteiger partial charge in [0.15, 0.2) is 5.22 Å². The van der Waals surface area contributed by atoms with Gasteiger partial charge in [-0.1, -0.05) is 38.1 Å². The van der Waals surface area contributed by atoms with Crippen molar-refractivity contribution in [3.63, 3.8) is 0 Å². The normalized spacial score (nSPS) is 12.1. The van der Waals surface area contributed by atoms with Gasteiger partial charge in [0, 0.05) is 34.3 Å². The van der Waals surface area contributed by atoms with E-state index in [4.69, 9.17) is 16.0 Å². The Kier molecular flexibility index (Phi) is 4.07. The van der Waals surface area contributed by atoms with Gasteiger partial charge in [-0.15, -0.1) is 11.3 Å². The highest BCUT2D eigenvalue weighted by Gasteiger charge is 2.21. The number of rotatable bonds is 5. The van der Waals surface area contributed by atoms with Gasteiger partial charge >= 0.3 is 0 Å². The minimum atomic E-state index is 0.111. The molecule has 4 heteroatoms. The number of thiophene rings is 1. The molecule has 2 aromatic heterocycles. The fourth-order valence-electron chi connectivity index (χ4n) is 2.48. The number of furan rings is 1. The molecule has 3 rings (SSSR count). The highest BCUT2D eigenvalue weighted by Crippen LogP contribution is 2.30. The molecule has 3 aromatic rings. The van der Waals surface area contributed by atoms with Gasteiger partial charge in [0.25, 0.3) is 0 Å². The van der Waals surface area contributed by atoms with Crippen LogP contribution < -0.4 is 5.32 Å². The number of nitrogens with one attached hydrogen (secondary N) is 1. The van der Waals surface area contributed by atoms with Crippen molar-refractivity contribution in [2.24, 2.45) is 0 Å². The first-order chi connectivity index (χ1) is 10.1. The van der Waals surface area contributed by atoms with Crippen LogP contribution in [0.1, 0.15) is 24.3 Å². The van der Waals surface area contributed by atoms with Crippen LogP contribution in [0.2, 0.25) is 5.22 Å². The molecule has 0 amide bonds. The summed E-state index contributed by atoms with van der Waals surface area (Å²) in [5.41, 5.74) is 1.99. The van der Waals surface area contributed by atoms with Crippen LogP contribution in [0.4, 0.5) is 0 Å². The third-order valence-corrected chi connectivity index (χ3v) is 5.25. The molecule has 0 unspecified atom stereocenters. The number of fused-ring (bicyclic) bond motifs is 1. The molecule has 2 nitrogen and oxygen atoms in total. The summed E-state index contributed by atoms with van der Waals surface area (Å²) in [7, 11) is 0. The molecule has 0 aliphatic rings. The van der Waals surface area contributed by atoms with Crippen LogP contribution in [0, 0.1) is 0 Å². The topological polar surface area (TPSA) is 25.2 Å². The smallest absolute Gasteiger partial charge is 0.199 e. The molecule has 1 aromatic carbocycles. The van der Waals surface area contributed by atoms with Gasteiger partial charge in [-0.25, -0.2) is 0 Å². The largest absolute Gasteiger partial charge is 0.444 e. The van der Waals surface area contributed by atoms with Gasteiger partial charge in [0.2, 0.25) is 0 Å². The van der Waals surface area contributed by atoms with E-state index in [1.165, 1.54) is 4.88 Å². The van der Waals surface area contributed by atoms with E-state index in [-0.39, 0.29) is 5.41 Å². The summed E-state index contributed by atoms with van der Waals surface area (Å²) in [5, 5.41) is 7.20. The zero-order valence-electron chi connectivity index (χ0n) is 12.2. The molecule has 1 N–H and O–H groups in total. The van der Waals surface area contributed by atoms with Crippen LogP contribution in [-0.4, -0.2) is 6.54 Å². The predicted molar refractivity (Wildman–Crippen MR) is 90.3 cm³/mol. The molecule has 0 aliphatic carbocycles. The fourth-order valence-corrected chi connectivity index (χ4v) is 3.59. The van der Waals surface area contributed by atoms with Crippen molar-refractivity contribution in [1.29, 1.82) is 0 Å². The molecule has 110 valence electrons. The molecule has 21 heavy (non-hydrogen) atoms. The fraction of sp³-hybridized carbons (Fsp3) is 0.294. The molecule has 0 fully saturated rings. The zero-order valence-corrected chi connectivity index (χ0v) is 13.7. The van der Waals surface area contributed by atoms with Gasteiger partial charge < -0.3 is 9.73 Å². The van der Waals surface area contributed by atoms with Crippen LogP contribution in [0.15, 0.2) is 46.2 Å². The summed E-state index contributed by atoms with van der Waals surface area (Å²) < 4.78 is 5.58. The summed E-state index contributed by atoms with van der Waals surface area (Å²) in [4.78, 5) is 1.39. The number of hydrogen-bond acceptors (Lipinski definition) is 3. The van der Waals surface area contributed by atoms with E-state index in [2.05, 4.69) is 36.7 Å². The van der Waals surface area contributed by atoms with E-state index in [1.54, 1.807) is 11.3 Å². The molecule has 0 bridgehead atoms. The number of halogens is 1. The molecular weight excluding hydrogens is 302 g/mol. The first kappa shape index (κ1) is 14.6. The Balaban J connectivity index is 1.71. The van der Waals surface area contributed by atoms with Crippen molar-refractivity contribution in [1.82, 2.24) is 5.32 Å². The number of hydrogen-bond donors (Lipinski definition) is 1. The minimum Gasteiger partial charge on any atom is -0.444 e. The van der Waals surface area contributed by atoms with Gasteiger partial charge in [0.05, 0.1) is 0 Å². The summed E-state index contributed by atoms with van der Waals surface area (Å²) in [6.45, 7) is 6.11. The Morgan fingerprint density at radius 2 is 2.00 bits per heavy atom. The lowest BCUT2D eigenvalue weighted by Gasteiger charge is -2.23. The van der Waals surface area contributed by atoms with E-state index in [0.717, 1.165) is 23.1 Å². The van der Waals surface area contributed by atoms with E-state index >= 15 is 0 Å². The summed E-state index contributed by atoms with van der Waals surface area (Å²) in [6, 6.07) is 12.2. The molecule has 0 saturated carbocycles. The van der Waals surface area contributed by atoms with Crippen molar-refractivity contribution < 1.29 is 4.42 Å². The average Bonchev–Trinajstić information content (AvgIpc) is 3.08. The highest BCUT2D eigenvalue weighted by atomic mass is 35.5. The Morgan fingerprint density at radius 1 is 1.19 bits per heavy atom. The monoisotopic (exact) mass is 319 g/mol. The second kappa shape index (κ2) is 5.84. The second-order valence-electron chi connectivity index (χ2n) is 5.82. The molecule has 0 spiro atoms. The molecule has 0 aliphatic heterocycles. The Morgan fingerprint density at radius 3 is 2.76 bits per heavy atom. The lowest BCUT2D eigenvalue weighted by atomic mass is 9.91. The van der Waals surface area contributed by atoms with E-state index in [0.29, 0.717) is 11.8 Å². The lowest BCUT2D eigenvalue weighted by Crippen LogP contribution is -2.31. The maximum Gasteiger partial charge on any atom is 0.199 e. The van der Waals surface area contributed by atoms with Crippen LogP contribution >= 0.6 is 22.9 Å². The van der Waals surface area contributed by atoms with Crippen molar-refractivity contribution in [3.05, 3.63) is 57.4 Å². The van der Waals surface area contributed by atoms with Gasteiger partial charge in [0.1, 0.15) is 5.58 Å². The third-order valence-electron chi connectivity index (χ3n) is 3.71. The molecule has 0 radical (unpaired) electrons. The summed E-state index contributed by atoms with van der Waals surface area (Å²) in [6.07, 6.45) is 0. The Bertz CT molecular complexity index is 730. The van der Waals surface area contributed by atoms with Gasteiger partial charge in [-0.05, 0) is 29.1 Å². The maximum atomic E-state index is 6.21. The van der Waals surface area contributed by atoms with E-state index < -0.39 is 0 Å². The SMILES string of the molecule is CC(C)(CNCc1c(Cl)oc2ccccc12)c1cccs1. The maximum absolute atomic E-state index is 6.21. The number of para-hydroxylation sites is 1. The zero-order chi connectivity index (χ0) is 14.9. The van der Waals surface area contributed by atoms with Gasteiger partial charge in [-0.2, -0.15) is 0 Å². The highest BCUT2D eigenvalue weighted by molar-refractivity contribution is 7.10. The first-order valence-electron chi connectivity index (χ1n) is 6.98. The molecular formula is C17H18ClNOS. The molecule has 2 heterocycles. The van der Waals surface area contributed by atoms with Crippen LogP contribution in [-0.2, 0) is 12.0 Å². The van der Waals surface area contributed by atoms with Crippen LogP contribution in [0.25, 0.3) is 11.0 Å².